The van der Waals surface area contributed by atoms with E-state index in [1.165, 1.54) is 17.5 Å². The first kappa shape index (κ1) is 17.7. The summed E-state index contributed by atoms with van der Waals surface area (Å²) in [7, 11) is 0. The number of nitrogens with zero attached hydrogens (tertiary/aromatic N) is 1. The van der Waals surface area contributed by atoms with Crippen molar-refractivity contribution in [2.24, 2.45) is 17.6 Å². The number of hydrogen-bond donors (Lipinski definition) is 1. The van der Waals surface area contributed by atoms with E-state index >= 15 is 0 Å². The number of aryl methyl sites for hydroxylation is 1. The molecule has 2 N–H and O–H groups in total. The van der Waals surface area contributed by atoms with Crippen LogP contribution in [0.2, 0.25) is 0 Å². The molecule has 1 fully saturated rings. The second-order valence-electron chi connectivity index (χ2n) is 6.93. The summed E-state index contributed by atoms with van der Waals surface area (Å²) in [6, 6.07) is 10.6. The van der Waals surface area contributed by atoms with Crippen LogP contribution in [0.15, 0.2) is 30.3 Å². The lowest BCUT2D eigenvalue weighted by atomic mass is 10.1. The van der Waals surface area contributed by atoms with E-state index in [4.69, 9.17) is 10.5 Å². The molecule has 1 aliphatic carbocycles. The Kier molecular flexibility index (Phi) is 5.54. The quantitative estimate of drug-likeness (QED) is 0.882. The highest BCUT2D eigenvalue weighted by Crippen LogP contribution is 2.40. The summed E-state index contributed by atoms with van der Waals surface area (Å²) < 4.78 is 6.03. The summed E-state index contributed by atoms with van der Waals surface area (Å²) in [5, 5.41) is 2.18. The van der Waals surface area contributed by atoms with Crippen LogP contribution in [0.4, 0.5) is 0 Å². The summed E-state index contributed by atoms with van der Waals surface area (Å²) in [6.45, 7) is 7.47. The van der Waals surface area contributed by atoms with Crippen molar-refractivity contribution in [1.29, 1.82) is 0 Å². The minimum Gasteiger partial charge on any atom is -0.489 e. The lowest BCUT2D eigenvalue weighted by molar-refractivity contribution is 0.304. The van der Waals surface area contributed by atoms with Crippen LogP contribution in [-0.2, 0) is 13.0 Å². The van der Waals surface area contributed by atoms with Crippen molar-refractivity contribution in [2.45, 2.75) is 40.2 Å². The van der Waals surface area contributed by atoms with Crippen LogP contribution in [0.3, 0.4) is 0 Å². The Morgan fingerprint density at radius 3 is 2.52 bits per heavy atom. The zero-order valence-corrected chi connectivity index (χ0v) is 15.5. The van der Waals surface area contributed by atoms with Crippen molar-refractivity contribution in [1.82, 2.24) is 4.98 Å². The molecule has 3 nitrogen and oxygen atoms in total. The van der Waals surface area contributed by atoms with Gasteiger partial charge in [0.25, 0.3) is 0 Å². The van der Waals surface area contributed by atoms with Crippen LogP contribution in [0, 0.1) is 18.8 Å². The van der Waals surface area contributed by atoms with E-state index in [0.717, 1.165) is 46.8 Å². The zero-order chi connectivity index (χ0) is 17.8. The average Bonchev–Trinajstić information content (AvgIpc) is 3.38. The van der Waals surface area contributed by atoms with Gasteiger partial charge in [-0.1, -0.05) is 24.3 Å². The van der Waals surface area contributed by atoms with Gasteiger partial charge in [-0.2, -0.15) is 0 Å². The Labute approximate surface area is 150 Å². The molecule has 3 rings (SSSR count). The van der Waals surface area contributed by atoms with Crippen molar-refractivity contribution in [3.63, 3.8) is 0 Å². The zero-order valence-electron chi connectivity index (χ0n) is 15.5. The Bertz CT molecular complexity index is 840. The highest BCUT2D eigenvalue weighted by Gasteiger charge is 2.35. The first-order valence-electron chi connectivity index (χ1n) is 9.15. The Balaban J connectivity index is 1.67. The third-order valence-electron chi connectivity index (χ3n) is 5.05. The molecule has 132 valence electrons. The van der Waals surface area contributed by atoms with Gasteiger partial charge in [0.05, 0.1) is 5.35 Å². The normalized spacial score (nSPS) is 20.8. The fourth-order valence-corrected chi connectivity index (χ4v) is 3.48. The maximum atomic E-state index is 6.03. The minimum absolute atomic E-state index is 0.557. The molecule has 1 aromatic heterocycles. The van der Waals surface area contributed by atoms with Crippen LogP contribution in [0.5, 0.6) is 5.75 Å². The maximum Gasteiger partial charge on any atom is 0.119 e. The number of nitrogens with two attached hydrogens (primary N) is 1. The van der Waals surface area contributed by atoms with E-state index in [0.29, 0.717) is 6.61 Å². The molecule has 2 unspecified atom stereocenters. The summed E-state index contributed by atoms with van der Waals surface area (Å²) in [5.74, 6) is 2.43. The molecule has 25 heavy (non-hydrogen) atoms. The Hall–Kier alpha value is -2.13. The second-order valence-corrected chi connectivity index (χ2v) is 6.93. The summed E-state index contributed by atoms with van der Waals surface area (Å²) in [5.41, 5.74) is 9.29. The number of benzene rings is 1. The molecule has 0 radical (unpaired) electrons. The first-order chi connectivity index (χ1) is 12.1. The third kappa shape index (κ3) is 4.29. The molecular formula is C22H28N2O. The number of rotatable bonds is 6. The van der Waals surface area contributed by atoms with Gasteiger partial charge in [0, 0.05) is 16.5 Å². The SMILES string of the molecule is C/C=c1/c(COc2ccc(CC3CC3CN)cc2)cc(C)n/c1=C/C. The van der Waals surface area contributed by atoms with E-state index in [9.17, 15) is 0 Å². The monoisotopic (exact) mass is 336 g/mol. The minimum atomic E-state index is 0.557. The van der Waals surface area contributed by atoms with Crippen LogP contribution in [-0.4, -0.2) is 11.5 Å². The fraction of sp³-hybridized carbons (Fsp3) is 0.409. The van der Waals surface area contributed by atoms with Crippen molar-refractivity contribution in [3.05, 3.63) is 57.7 Å². The Morgan fingerprint density at radius 2 is 1.92 bits per heavy atom. The molecule has 0 spiro atoms. The van der Waals surface area contributed by atoms with Crippen molar-refractivity contribution in [3.8, 4) is 5.75 Å². The van der Waals surface area contributed by atoms with Crippen molar-refractivity contribution in [2.75, 3.05) is 6.54 Å². The molecule has 1 aliphatic rings. The molecule has 1 aromatic carbocycles. The van der Waals surface area contributed by atoms with E-state index < -0.39 is 0 Å². The fourth-order valence-electron chi connectivity index (χ4n) is 3.48. The molecular weight excluding hydrogens is 308 g/mol. The van der Waals surface area contributed by atoms with Gasteiger partial charge >= 0.3 is 0 Å². The predicted molar refractivity (Wildman–Crippen MR) is 104 cm³/mol. The first-order valence-corrected chi connectivity index (χ1v) is 9.15. The van der Waals surface area contributed by atoms with Gasteiger partial charge in [0.2, 0.25) is 0 Å². The molecule has 0 amide bonds. The number of aromatic nitrogens is 1. The number of hydrogen-bond acceptors (Lipinski definition) is 3. The molecule has 1 saturated carbocycles. The highest BCUT2D eigenvalue weighted by molar-refractivity contribution is 5.33. The topological polar surface area (TPSA) is 48.1 Å². The highest BCUT2D eigenvalue weighted by atomic mass is 16.5. The Morgan fingerprint density at radius 1 is 1.16 bits per heavy atom. The lowest BCUT2D eigenvalue weighted by Gasteiger charge is -2.09. The van der Waals surface area contributed by atoms with Crippen LogP contribution in [0.25, 0.3) is 12.2 Å². The molecule has 2 atom stereocenters. The van der Waals surface area contributed by atoms with Crippen LogP contribution < -0.4 is 21.0 Å². The van der Waals surface area contributed by atoms with Crippen LogP contribution in [0.1, 0.15) is 37.1 Å². The van der Waals surface area contributed by atoms with Gasteiger partial charge in [0.1, 0.15) is 12.4 Å². The lowest BCUT2D eigenvalue weighted by Crippen LogP contribution is -2.32. The van der Waals surface area contributed by atoms with Gasteiger partial charge in [0.15, 0.2) is 0 Å². The van der Waals surface area contributed by atoms with E-state index in [1.54, 1.807) is 0 Å². The molecule has 0 aliphatic heterocycles. The second kappa shape index (κ2) is 7.83. The van der Waals surface area contributed by atoms with Gasteiger partial charge in [-0.3, -0.25) is 4.98 Å². The van der Waals surface area contributed by atoms with Gasteiger partial charge in [-0.25, -0.2) is 0 Å². The summed E-state index contributed by atoms with van der Waals surface area (Å²) in [6.07, 6.45) is 6.57. The standard InChI is InChI=1S/C22H28N2O/c1-4-21-19(10-15(3)24-22(21)5-2)14-25-20-8-6-16(7-9-20)11-17-12-18(17)13-23/h4-10,17-18H,11-14,23H2,1-3H3/b21-4-,22-5+. The van der Waals surface area contributed by atoms with E-state index in [-0.39, 0.29) is 0 Å². The van der Waals surface area contributed by atoms with E-state index in [2.05, 4.69) is 41.4 Å². The molecule has 2 aromatic rings. The predicted octanol–water partition coefficient (Wildman–Crippen LogP) is 2.71. The number of ether oxygens (including phenoxy) is 1. The van der Waals surface area contributed by atoms with Gasteiger partial charge < -0.3 is 10.5 Å². The summed E-state index contributed by atoms with van der Waals surface area (Å²) >= 11 is 0. The van der Waals surface area contributed by atoms with Crippen LogP contribution >= 0.6 is 0 Å². The van der Waals surface area contributed by atoms with Gasteiger partial charge in [-0.05, 0) is 75.8 Å². The molecule has 0 saturated heterocycles. The van der Waals surface area contributed by atoms with E-state index in [1.807, 2.05) is 26.8 Å². The van der Waals surface area contributed by atoms with Crippen molar-refractivity contribution < 1.29 is 4.74 Å². The largest absolute Gasteiger partial charge is 0.489 e. The molecule has 0 bridgehead atoms. The van der Waals surface area contributed by atoms with Gasteiger partial charge in [-0.15, -0.1) is 0 Å². The van der Waals surface area contributed by atoms with Crippen molar-refractivity contribution >= 4 is 12.2 Å². The smallest absolute Gasteiger partial charge is 0.119 e. The molecule has 1 heterocycles. The third-order valence-corrected chi connectivity index (χ3v) is 5.05. The number of pyridine rings is 1. The average molecular weight is 336 g/mol. The summed E-state index contributed by atoms with van der Waals surface area (Å²) in [4.78, 5) is 4.58. The maximum absolute atomic E-state index is 6.03. The molecule has 3 heteroatoms.